The number of rotatable bonds is 3. The summed E-state index contributed by atoms with van der Waals surface area (Å²) in [5.41, 5.74) is 0. The molecule has 1 aromatic rings. The molecule has 0 heterocycles. The molecule has 0 aromatic heterocycles. The molecule has 1 aromatic carbocycles. The van der Waals surface area contributed by atoms with Crippen LogP contribution in [0.4, 0.5) is 17.6 Å². The number of hydrogen-bond donors (Lipinski definition) is 0. The summed E-state index contributed by atoms with van der Waals surface area (Å²) >= 11 is 12.4. The Morgan fingerprint density at radius 3 is 1.88 bits per heavy atom. The fraction of sp³-hybridized carbons (Fsp3) is 0.250. The van der Waals surface area contributed by atoms with Gasteiger partial charge in [-0.15, -0.1) is 0 Å². The highest BCUT2D eigenvalue weighted by atomic mass is 79.9. The number of hydrogen-bond acceptors (Lipinski definition) is 1. The Balaban J connectivity index is 3.06. The topological polar surface area (TPSA) is 0 Å². The van der Waals surface area contributed by atoms with E-state index in [1.54, 1.807) is 15.9 Å². The predicted octanol–water partition coefficient (Wildman–Crippen LogP) is 5.67. The minimum atomic E-state index is -4.35. The van der Waals surface area contributed by atoms with Crippen LogP contribution in [0.2, 0.25) is 10.0 Å². The molecule has 1 rings (SSSR count). The highest BCUT2D eigenvalue weighted by molar-refractivity contribution is 9.10. The molecular formula is C8H3BrCl2F4S. The van der Waals surface area contributed by atoms with Crippen LogP contribution >= 0.6 is 50.9 Å². The SMILES string of the molecule is FC(F)(Br)C(F)(F)Sc1c(Cl)cccc1Cl. The summed E-state index contributed by atoms with van der Waals surface area (Å²) in [6.45, 7) is 0. The van der Waals surface area contributed by atoms with Crippen molar-refractivity contribution in [2.45, 2.75) is 15.0 Å². The third-order valence-corrected chi connectivity index (χ3v) is 4.25. The lowest BCUT2D eigenvalue weighted by molar-refractivity contribution is -0.0779. The van der Waals surface area contributed by atoms with Gasteiger partial charge >= 0.3 is 10.1 Å². The summed E-state index contributed by atoms with van der Waals surface area (Å²) in [6, 6.07) is 4.01. The van der Waals surface area contributed by atoms with Gasteiger partial charge in [0, 0.05) is 0 Å². The summed E-state index contributed by atoms with van der Waals surface area (Å²) in [5.74, 6) is 0. The van der Waals surface area contributed by atoms with Crippen molar-refractivity contribution in [1.29, 1.82) is 0 Å². The van der Waals surface area contributed by atoms with E-state index in [2.05, 4.69) is 0 Å². The van der Waals surface area contributed by atoms with Crippen molar-refractivity contribution in [2.24, 2.45) is 0 Å². The summed E-state index contributed by atoms with van der Waals surface area (Å²) in [4.78, 5) is -4.62. The van der Waals surface area contributed by atoms with Gasteiger partial charge in [0.25, 0.3) is 0 Å². The summed E-state index contributed by atoms with van der Waals surface area (Å²) in [7, 11) is 0. The Kier molecular flexibility index (Phi) is 4.43. The van der Waals surface area contributed by atoms with Gasteiger partial charge in [0.1, 0.15) is 0 Å². The van der Waals surface area contributed by atoms with Crippen molar-refractivity contribution in [3.63, 3.8) is 0 Å². The lowest BCUT2D eigenvalue weighted by atomic mass is 10.4. The van der Waals surface area contributed by atoms with Crippen LogP contribution in [0.1, 0.15) is 0 Å². The Hall–Kier alpha value is 0.350. The van der Waals surface area contributed by atoms with Crippen molar-refractivity contribution in [2.75, 3.05) is 0 Å². The second-order valence-electron chi connectivity index (χ2n) is 2.67. The summed E-state index contributed by atoms with van der Waals surface area (Å²) < 4.78 is 51.1. The van der Waals surface area contributed by atoms with Gasteiger partial charge in [-0.2, -0.15) is 17.6 Å². The molecule has 90 valence electrons. The van der Waals surface area contributed by atoms with Gasteiger partial charge in [-0.25, -0.2) is 0 Å². The molecule has 0 bridgehead atoms. The first-order valence-electron chi connectivity index (χ1n) is 3.73. The zero-order valence-corrected chi connectivity index (χ0v) is 11.2. The molecule has 0 saturated heterocycles. The molecule has 0 N–H and O–H groups in total. The number of halogens is 7. The Morgan fingerprint density at radius 2 is 1.50 bits per heavy atom. The zero-order valence-electron chi connectivity index (χ0n) is 7.29. The molecule has 16 heavy (non-hydrogen) atoms. The zero-order chi connectivity index (χ0) is 12.6. The van der Waals surface area contributed by atoms with E-state index in [1.807, 2.05) is 0 Å². The first-order chi connectivity index (χ1) is 7.15. The molecule has 0 saturated carbocycles. The molecule has 0 fully saturated rings. The minimum Gasteiger partial charge on any atom is -0.186 e. The van der Waals surface area contributed by atoms with Crippen molar-refractivity contribution < 1.29 is 17.6 Å². The van der Waals surface area contributed by atoms with Gasteiger partial charge in [0.2, 0.25) is 0 Å². The Bertz CT molecular complexity index is 374. The van der Waals surface area contributed by atoms with Crippen LogP contribution in [-0.4, -0.2) is 10.1 Å². The van der Waals surface area contributed by atoms with Crippen LogP contribution < -0.4 is 0 Å². The summed E-state index contributed by atoms with van der Waals surface area (Å²) in [6.07, 6.45) is 0. The van der Waals surface area contributed by atoms with Crippen LogP contribution in [0, 0.1) is 0 Å². The highest BCUT2D eigenvalue weighted by Crippen LogP contribution is 2.52. The molecular weight excluding hydrogens is 355 g/mol. The van der Waals surface area contributed by atoms with E-state index in [0.29, 0.717) is 0 Å². The third-order valence-electron chi connectivity index (χ3n) is 1.48. The van der Waals surface area contributed by atoms with Gasteiger partial charge < -0.3 is 0 Å². The quantitative estimate of drug-likeness (QED) is 0.381. The first-order valence-corrected chi connectivity index (χ1v) is 6.09. The van der Waals surface area contributed by atoms with E-state index in [9.17, 15) is 17.6 Å². The van der Waals surface area contributed by atoms with E-state index in [4.69, 9.17) is 23.2 Å². The predicted molar refractivity (Wildman–Crippen MR) is 61.1 cm³/mol. The molecule has 0 atom stereocenters. The first kappa shape index (κ1) is 14.4. The van der Waals surface area contributed by atoms with E-state index >= 15 is 0 Å². The van der Waals surface area contributed by atoms with Gasteiger partial charge in [0.05, 0.1) is 14.9 Å². The molecule has 0 radical (unpaired) electrons. The maximum Gasteiger partial charge on any atom is 0.373 e. The van der Waals surface area contributed by atoms with Crippen molar-refractivity contribution in [1.82, 2.24) is 0 Å². The number of thioether (sulfide) groups is 1. The smallest absolute Gasteiger partial charge is 0.186 e. The lowest BCUT2D eigenvalue weighted by Gasteiger charge is -2.21. The molecule has 0 aliphatic rings. The molecule has 0 amide bonds. The number of alkyl halides is 5. The lowest BCUT2D eigenvalue weighted by Crippen LogP contribution is -2.31. The van der Waals surface area contributed by atoms with Gasteiger partial charge in [-0.05, 0) is 39.8 Å². The van der Waals surface area contributed by atoms with Gasteiger partial charge in [0.15, 0.2) is 0 Å². The van der Waals surface area contributed by atoms with Crippen molar-refractivity contribution in [3.05, 3.63) is 28.2 Å². The third kappa shape index (κ3) is 3.18. The Labute approximate surface area is 111 Å². The molecule has 0 unspecified atom stereocenters. The maximum absolute atomic E-state index is 13.0. The maximum atomic E-state index is 13.0. The van der Waals surface area contributed by atoms with E-state index < -0.39 is 10.1 Å². The van der Waals surface area contributed by atoms with Gasteiger partial charge in [-0.1, -0.05) is 29.3 Å². The Morgan fingerprint density at radius 1 is 1.06 bits per heavy atom. The molecule has 0 aliphatic carbocycles. The summed E-state index contributed by atoms with van der Waals surface area (Å²) in [5, 5.41) is -4.55. The van der Waals surface area contributed by atoms with Crippen LogP contribution in [0.3, 0.4) is 0 Å². The number of benzene rings is 1. The molecule has 0 nitrogen and oxygen atoms in total. The second-order valence-corrected chi connectivity index (χ2v) is 5.60. The van der Waals surface area contributed by atoms with E-state index in [1.165, 1.54) is 18.2 Å². The van der Waals surface area contributed by atoms with Crippen LogP contribution in [0.15, 0.2) is 23.1 Å². The molecule has 0 spiro atoms. The van der Waals surface area contributed by atoms with Crippen molar-refractivity contribution >= 4 is 50.9 Å². The second kappa shape index (κ2) is 4.92. The standard InChI is InChI=1S/C8H3BrCl2F4S/c9-7(12,13)8(14,15)16-6-4(10)2-1-3-5(6)11/h1-3H. The van der Waals surface area contributed by atoms with E-state index in [0.717, 1.165) is 0 Å². The average Bonchev–Trinajstić information content (AvgIpc) is 2.10. The highest BCUT2D eigenvalue weighted by Gasteiger charge is 2.55. The normalized spacial score (nSPS) is 12.9. The fourth-order valence-corrected chi connectivity index (χ4v) is 2.34. The van der Waals surface area contributed by atoms with Crippen LogP contribution in [-0.2, 0) is 0 Å². The largest absolute Gasteiger partial charge is 0.373 e. The van der Waals surface area contributed by atoms with Crippen LogP contribution in [0.25, 0.3) is 0 Å². The minimum absolute atomic E-state index is 0.103. The van der Waals surface area contributed by atoms with E-state index in [-0.39, 0.29) is 26.7 Å². The average molecular weight is 358 g/mol. The van der Waals surface area contributed by atoms with Crippen LogP contribution in [0.5, 0.6) is 0 Å². The monoisotopic (exact) mass is 356 g/mol. The van der Waals surface area contributed by atoms with Crippen molar-refractivity contribution in [3.8, 4) is 0 Å². The van der Waals surface area contributed by atoms with Gasteiger partial charge in [-0.3, -0.25) is 0 Å². The molecule has 8 heteroatoms. The molecule has 0 aliphatic heterocycles. The fourth-order valence-electron chi connectivity index (χ4n) is 0.766.